The van der Waals surface area contributed by atoms with Crippen molar-refractivity contribution in [3.8, 4) is 0 Å². The Balaban J connectivity index is 1.56. The number of hydrogen-bond donors (Lipinski definition) is 1. The molecule has 0 unspecified atom stereocenters. The van der Waals surface area contributed by atoms with E-state index in [4.69, 9.17) is 23.2 Å². The van der Waals surface area contributed by atoms with Gasteiger partial charge in [-0.15, -0.1) is 11.8 Å². The zero-order valence-electron chi connectivity index (χ0n) is 13.1. The van der Waals surface area contributed by atoms with E-state index in [0.717, 1.165) is 22.8 Å². The minimum absolute atomic E-state index is 0.0924. The molecule has 0 aliphatic rings. The average Bonchev–Trinajstić information content (AvgIpc) is 2.58. The number of hydrogen-bond acceptors (Lipinski definition) is 3. The molecular formula is C18H19Cl2NOS2. The summed E-state index contributed by atoms with van der Waals surface area (Å²) in [6.45, 7) is 0.654. The second-order valence-electron chi connectivity index (χ2n) is 5.01. The Morgan fingerprint density at radius 3 is 2.38 bits per heavy atom. The maximum atomic E-state index is 11.8. The van der Waals surface area contributed by atoms with E-state index in [-0.39, 0.29) is 5.91 Å². The highest BCUT2D eigenvalue weighted by Gasteiger charge is 2.06. The number of thioether (sulfide) groups is 2. The van der Waals surface area contributed by atoms with Gasteiger partial charge in [0.15, 0.2) is 0 Å². The van der Waals surface area contributed by atoms with Crippen LogP contribution in [0.3, 0.4) is 0 Å². The van der Waals surface area contributed by atoms with E-state index in [0.29, 0.717) is 23.0 Å². The van der Waals surface area contributed by atoms with Gasteiger partial charge >= 0.3 is 0 Å². The first-order valence-corrected chi connectivity index (χ1v) is 10.5. The summed E-state index contributed by atoms with van der Waals surface area (Å²) in [7, 11) is 0. The molecule has 0 fully saturated rings. The second-order valence-corrected chi connectivity index (χ2v) is 8.10. The lowest BCUT2D eigenvalue weighted by Crippen LogP contribution is -2.25. The number of nitrogens with one attached hydrogen (secondary N) is 1. The number of halogens is 2. The number of amides is 1. The van der Waals surface area contributed by atoms with Crippen LogP contribution in [0.2, 0.25) is 10.0 Å². The van der Waals surface area contributed by atoms with E-state index in [1.54, 1.807) is 23.5 Å². The minimum Gasteiger partial charge on any atom is -0.355 e. The summed E-state index contributed by atoms with van der Waals surface area (Å²) in [6.07, 6.45) is 0.528. The number of benzene rings is 2. The van der Waals surface area contributed by atoms with Crippen molar-refractivity contribution in [2.24, 2.45) is 0 Å². The van der Waals surface area contributed by atoms with Crippen molar-refractivity contribution in [2.75, 3.05) is 18.1 Å². The van der Waals surface area contributed by atoms with Gasteiger partial charge in [-0.1, -0.05) is 47.5 Å². The van der Waals surface area contributed by atoms with Gasteiger partial charge in [-0.3, -0.25) is 4.79 Å². The second kappa shape index (κ2) is 10.9. The van der Waals surface area contributed by atoms with Crippen LogP contribution in [-0.2, 0) is 10.5 Å². The van der Waals surface area contributed by atoms with E-state index in [1.807, 2.05) is 36.4 Å². The molecule has 1 amide bonds. The monoisotopic (exact) mass is 399 g/mol. The zero-order chi connectivity index (χ0) is 17.2. The Hall–Kier alpha value is -0.810. The first-order chi connectivity index (χ1) is 11.7. The fraction of sp³-hybridized carbons (Fsp3) is 0.278. The molecule has 2 rings (SSSR count). The largest absolute Gasteiger partial charge is 0.355 e. The molecule has 0 bridgehead atoms. The van der Waals surface area contributed by atoms with E-state index in [2.05, 4.69) is 17.4 Å². The van der Waals surface area contributed by atoms with Crippen LogP contribution in [0.1, 0.15) is 12.0 Å². The van der Waals surface area contributed by atoms with Crippen LogP contribution in [0.25, 0.3) is 0 Å². The molecule has 0 saturated carbocycles. The number of carbonyl (C=O) groups excluding carboxylic acids is 1. The van der Waals surface area contributed by atoms with E-state index >= 15 is 0 Å². The minimum atomic E-state index is 0.0924. The lowest BCUT2D eigenvalue weighted by atomic mass is 10.2. The molecule has 0 aliphatic carbocycles. The average molecular weight is 400 g/mol. The zero-order valence-corrected chi connectivity index (χ0v) is 16.3. The van der Waals surface area contributed by atoms with Gasteiger partial charge in [-0.05, 0) is 29.8 Å². The molecule has 0 aliphatic heterocycles. The van der Waals surface area contributed by atoms with Crippen LogP contribution in [0.5, 0.6) is 0 Å². The Morgan fingerprint density at radius 2 is 1.67 bits per heavy atom. The van der Waals surface area contributed by atoms with E-state index < -0.39 is 0 Å². The summed E-state index contributed by atoms with van der Waals surface area (Å²) >= 11 is 15.7. The maximum absolute atomic E-state index is 11.8. The van der Waals surface area contributed by atoms with Crippen LogP contribution in [0.4, 0.5) is 0 Å². The molecule has 1 N–H and O–H groups in total. The van der Waals surface area contributed by atoms with Crippen molar-refractivity contribution < 1.29 is 4.79 Å². The van der Waals surface area contributed by atoms with Gasteiger partial charge in [-0.25, -0.2) is 0 Å². The molecule has 0 spiro atoms. The highest BCUT2D eigenvalue weighted by atomic mass is 35.5. The Bertz CT molecular complexity index is 632. The molecule has 6 heteroatoms. The number of carbonyl (C=O) groups is 1. The maximum Gasteiger partial charge on any atom is 0.220 e. The fourth-order valence-electron chi connectivity index (χ4n) is 1.97. The van der Waals surface area contributed by atoms with E-state index in [1.165, 1.54) is 4.90 Å². The Kier molecular flexibility index (Phi) is 8.89. The third kappa shape index (κ3) is 6.98. The summed E-state index contributed by atoms with van der Waals surface area (Å²) in [5, 5.41) is 4.33. The normalized spacial score (nSPS) is 10.6. The van der Waals surface area contributed by atoms with Crippen LogP contribution >= 0.6 is 46.7 Å². The molecule has 2 aromatic rings. The first-order valence-electron chi connectivity index (χ1n) is 7.62. The van der Waals surface area contributed by atoms with Gasteiger partial charge in [0.25, 0.3) is 0 Å². The SMILES string of the molecule is O=C(CCSc1ccccc1)NCCSCc1c(Cl)cccc1Cl. The van der Waals surface area contributed by atoms with Gasteiger partial charge < -0.3 is 5.32 Å². The van der Waals surface area contributed by atoms with Crippen molar-refractivity contribution in [2.45, 2.75) is 17.1 Å². The van der Waals surface area contributed by atoms with Crippen molar-refractivity contribution in [3.63, 3.8) is 0 Å². The van der Waals surface area contributed by atoms with Gasteiger partial charge in [-0.2, -0.15) is 11.8 Å². The summed E-state index contributed by atoms with van der Waals surface area (Å²) < 4.78 is 0. The molecule has 0 saturated heterocycles. The van der Waals surface area contributed by atoms with Gasteiger partial charge in [0.1, 0.15) is 0 Å². The molecule has 0 atom stereocenters. The van der Waals surface area contributed by atoms with Crippen molar-refractivity contribution in [1.82, 2.24) is 5.32 Å². The van der Waals surface area contributed by atoms with Crippen LogP contribution in [0.15, 0.2) is 53.4 Å². The topological polar surface area (TPSA) is 29.1 Å². The summed E-state index contributed by atoms with van der Waals surface area (Å²) in [5.74, 6) is 2.46. The highest BCUT2D eigenvalue weighted by molar-refractivity contribution is 7.99. The molecule has 0 aromatic heterocycles. The Morgan fingerprint density at radius 1 is 0.958 bits per heavy atom. The molecule has 128 valence electrons. The van der Waals surface area contributed by atoms with Gasteiger partial charge in [0.2, 0.25) is 5.91 Å². The smallest absolute Gasteiger partial charge is 0.220 e. The summed E-state index contributed by atoms with van der Waals surface area (Å²) in [5.41, 5.74) is 0.955. The lowest BCUT2D eigenvalue weighted by molar-refractivity contribution is -0.120. The van der Waals surface area contributed by atoms with Crippen LogP contribution in [-0.4, -0.2) is 24.0 Å². The van der Waals surface area contributed by atoms with Crippen molar-refractivity contribution >= 4 is 52.6 Å². The lowest BCUT2D eigenvalue weighted by Gasteiger charge is -2.08. The molecular weight excluding hydrogens is 381 g/mol. The predicted octanol–water partition coefficient (Wildman–Crippen LogP) is 5.53. The highest BCUT2D eigenvalue weighted by Crippen LogP contribution is 2.27. The molecule has 24 heavy (non-hydrogen) atoms. The predicted molar refractivity (Wildman–Crippen MR) is 107 cm³/mol. The van der Waals surface area contributed by atoms with Gasteiger partial charge in [0.05, 0.1) is 0 Å². The van der Waals surface area contributed by atoms with Gasteiger partial charge in [0, 0.05) is 45.2 Å². The van der Waals surface area contributed by atoms with E-state index in [9.17, 15) is 4.79 Å². The molecule has 2 aromatic carbocycles. The quantitative estimate of drug-likeness (QED) is 0.444. The van der Waals surface area contributed by atoms with Crippen molar-refractivity contribution in [3.05, 3.63) is 64.1 Å². The summed E-state index contributed by atoms with van der Waals surface area (Å²) in [6, 6.07) is 15.6. The number of rotatable bonds is 9. The third-order valence-corrected chi connectivity index (χ3v) is 5.93. The van der Waals surface area contributed by atoms with Crippen molar-refractivity contribution in [1.29, 1.82) is 0 Å². The molecule has 0 heterocycles. The molecule has 2 nitrogen and oxygen atoms in total. The molecule has 0 radical (unpaired) electrons. The fourth-order valence-corrected chi connectivity index (χ4v) is 4.44. The van der Waals surface area contributed by atoms with Crippen LogP contribution < -0.4 is 5.32 Å². The third-order valence-electron chi connectivity index (χ3n) is 3.22. The summed E-state index contributed by atoms with van der Waals surface area (Å²) in [4.78, 5) is 13.0. The standard InChI is InChI=1S/C18H19Cl2NOS2/c19-16-7-4-8-17(20)15(16)13-23-12-10-21-18(22)9-11-24-14-5-2-1-3-6-14/h1-8H,9-13H2,(H,21,22). The van der Waals surface area contributed by atoms with Crippen LogP contribution in [0, 0.1) is 0 Å². The first kappa shape index (κ1) is 19.5. The Labute approximate surface area is 161 Å².